The number of nitrogens with one attached hydrogen (secondary N) is 1. The van der Waals surface area contributed by atoms with Crippen LogP contribution < -0.4 is 10.9 Å². The molecule has 3 rings (SSSR count). The molecule has 1 fully saturated rings. The van der Waals surface area contributed by atoms with Crippen LogP contribution in [-0.2, 0) is 4.79 Å². The summed E-state index contributed by atoms with van der Waals surface area (Å²) in [6, 6.07) is 7.72. The standard InChI is InChI=1S/C21H29N3O2S/c1-13(2)22-19(25)12-27-21-23-17-10-6-5-9-16(17)20(26)24(21)18-11-7-8-14(3)15(18)4/h5-6,9-10,13-15,18H,7-8,11-12H2,1-4H3,(H,22,25)/t14-,15+,18+/m0/s1. The molecule has 2 aromatic rings. The minimum atomic E-state index is -0.0333. The van der Waals surface area contributed by atoms with Crippen LogP contribution in [-0.4, -0.2) is 27.3 Å². The van der Waals surface area contributed by atoms with Crippen LogP contribution in [0.5, 0.6) is 0 Å². The average molecular weight is 388 g/mol. The molecular formula is C21H29N3O2S. The van der Waals surface area contributed by atoms with E-state index in [9.17, 15) is 9.59 Å². The first-order valence-corrected chi connectivity index (χ1v) is 10.8. The number of rotatable bonds is 5. The van der Waals surface area contributed by atoms with Crippen molar-refractivity contribution in [3.8, 4) is 0 Å². The summed E-state index contributed by atoms with van der Waals surface area (Å²) in [4.78, 5) is 30.2. The van der Waals surface area contributed by atoms with Crippen LogP contribution in [0.1, 0.15) is 53.0 Å². The molecule has 1 saturated carbocycles. The van der Waals surface area contributed by atoms with Gasteiger partial charge in [-0.25, -0.2) is 4.98 Å². The van der Waals surface area contributed by atoms with Gasteiger partial charge in [-0.15, -0.1) is 0 Å². The van der Waals surface area contributed by atoms with Crippen molar-refractivity contribution in [3.63, 3.8) is 0 Å². The monoisotopic (exact) mass is 387 g/mol. The fourth-order valence-corrected chi connectivity index (χ4v) is 4.80. The average Bonchev–Trinajstić information content (AvgIpc) is 2.62. The van der Waals surface area contributed by atoms with E-state index in [1.165, 1.54) is 18.2 Å². The van der Waals surface area contributed by atoms with E-state index in [0.29, 0.717) is 27.9 Å². The molecule has 0 bridgehead atoms. The Morgan fingerprint density at radius 2 is 2.04 bits per heavy atom. The topological polar surface area (TPSA) is 64.0 Å². The van der Waals surface area contributed by atoms with E-state index < -0.39 is 0 Å². The van der Waals surface area contributed by atoms with Crippen molar-refractivity contribution >= 4 is 28.6 Å². The normalized spacial score (nSPS) is 22.9. The summed E-state index contributed by atoms with van der Waals surface area (Å²) in [5.74, 6) is 1.21. The second kappa shape index (κ2) is 8.46. The van der Waals surface area contributed by atoms with Gasteiger partial charge in [0.2, 0.25) is 5.91 Å². The SMILES string of the molecule is CC(C)NC(=O)CSc1nc2ccccc2c(=O)n1[C@@H]1CCC[C@H](C)[C@H]1C. The molecule has 6 heteroatoms. The fraction of sp³-hybridized carbons (Fsp3) is 0.571. The Balaban J connectivity index is 2.02. The summed E-state index contributed by atoms with van der Waals surface area (Å²) < 4.78 is 1.87. The number of thioether (sulfide) groups is 1. The van der Waals surface area contributed by atoms with Crippen LogP contribution in [0.15, 0.2) is 34.2 Å². The van der Waals surface area contributed by atoms with Gasteiger partial charge in [0, 0.05) is 12.1 Å². The van der Waals surface area contributed by atoms with E-state index in [2.05, 4.69) is 19.2 Å². The molecule has 0 saturated heterocycles. The summed E-state index contributed by atoms with van der Waals surface area (Å²) in [7, 11) is 0. The van der Waals surface area contributed by atoms with Crippen molar-refractivity contribution in [1.82, 2.24) is 14.9 Å². The summed E-state index contributed by atoms with van der Waals surface area (Å²) >= 11 is 1.36. The van der Waals surface area contributed by atoms with Crippen molar-refractivity contribution in [2.75, 3.05) is 5.75 Å². The molecule has 1 aromatic heterocycles. The lowest BCUT2D eigenvalue weighted by molar-refractivity contribution is -0.119. The number of hydrogen-bond donors (Lipinski definition) is 1. The third-order valence-corrected chi connectivity index (χ3v) is 6.51. The zero-order valence-electron chi connectivity index (χ0n) is 16.6. The van der Waals surface area contributed by atoms with Gasteiger partial charge in [0.05, 0.1) is 16.7 Å². The Labute approximate surface area is 164 Å². The number of nitrogens with zero attached hydrogens (tertiary/aromatic N) is 2. The molecule has 1 aliphatic carbocycles. The molecule has 1 heterocycles. The van der Waals surface area contributed by atoms with Crippen LogP contribution in [0.2, 0.25) is 0 Å². The Bertz CT molecular complexity index is 877. The molecule has 1 N–H and O–H groups in total. The van der Waals surface area contributed by atoms with Gasteiger partial charge in [0.15, 0.2) is 5.16 Å². The molecule has 0 aliphatic heterocycles. The van der Waals surface area contributed by atoms with E-state index >= 15 is 0 Å². The second-order valence-electron chi connectivity index (χ2n) is 7.93. The number of amides is 1. The maximum absolute atomic E-state index is 13.3. The molecule has 0 unspecified atom stereocenters. The van der Waals surface area contributed by atoms with Gasteiger partial charge in [-0.05, 0) is 44.2 Å². The summed E-state index contributed by atoms with van der Waals surface area (Å²) in [6.07, 6.45) is 3.30. The highest BCUT2D eigenvalue weighted by molar-refractivity contribution is 7.99. The predicted octanol–water partition coefficient (Wildman–Crippen LogP) is 4.01. The quantitative estimate of drug-likeness (QED) is 0.622. The first-order valence-electron chi connectivity index (χ1n) is 9.82. The number of para-hydroxylation sites is 1. The van der Waals surface area contributed by atoms with Crippen LogP contribution in [0.4, 0.5) is 0 Å². The highest BCUT2D eigenvalue weighted by Crippen LogP contribution is 2.38. The Morgan fingerprint density at radius 1 is 1.30 bits per heavy atom. The van der Waals surface area contributed by atoms with Gasteiger partial charge in [-0.3, -0.25) is 14.2 Å². The Kier molecular flexibility index (Phi) is 6.25. The van der Waals surface area contributed by atoms with Crippen molar-refractivity contribution in [2.24, 2.45) is 11.8 Å². The van der Waals surface area contributed by atoms with E-state index in [-0.39, 0.29) is 29.3 Å². The lowest BCUT2D eigenvalue weighted by Gasteiger charge is -2.36. The second-order valence-corrected chi connectivity index (χ2v) is 8.87. The molecule has 1 aliphatic rings. The molecule has 146 valence electrons. The Morgan fingerprint density at radius 3 is 2.78 bits per heavy atom. The van der Waals surface area contributed by atoms with Gasteiger partial charge in [0.1, 0.15) is 0 Å². The van der Waals surface area contributed by atoms with Crippen LogP contribution in [0.3, 0.4) is 0 Å². The molecule has 1 amide bonds. The van der Waals surface area contributed by atoms with Gasteiger partial charge in [-0.1, -0.05) is 50.6 Å². The maximum Gasteiger partial charge on any atom is 0.262 e. The van der Waals surface area contributed by atoms with Crippen LogP contribution >= 0.6 is 11.8 Å². The maximum atomic E-state index is 13.3. The van der Waals surface area contributed by atoms with Gasteiger partial charge in [-0.2, -0.15) is 0 Å². The number of benzene rings is 1. The first-order chi connectivity index (χ1) is 12.9. The minimum Gasteiger partial charge on any atom is -0.353 e. The predicted molar refractivity (Wildman–Crippen MR) is 111 cm³/mol. The number of aromatic nitrogens is 2. The zero-order valence-corrected chi connectivity index (χ0v) is 17.4. The molecule has 1 aromatic carbocycles. The van der Waals surface area contributed by atoms with E-state index in [0.717, 1.165) is 12.8 Å². The molecule has 5 nitrogen and oxygen atoms in total. The van der Waals surface area contributed by atoms with Crippen molar-refractivity contribution in [2.45, 2.75) is 64.2 Å². The summed E-state index contributed by atoms with van der Waals surface area (Å²) in [5.41, 5.74) is 0.709. The lowest BCUT2D eigenvalue weighted by Crippen LogP contribution is -2.36. The van der Waals surface area contributed by atoms with Crippen molar-refractivity contribution in [1.29, 1.82) is 0 Å². The fourth-order valence-electron chi connectivity index (χ4n) is 3.93. The largest absolute Gasteiger partial charge is 0.353 e. The highest BCUT2D eigenvalue weighted by atomic mass is 32.2. The first kappa shape index (κ1) is 19.9. The van der Waals surface area contributed by atoms with Crippen LogP contribution in [0, 0.1) is 11.8 Å². The van der Waals surface area contributed by atoms with E-state index in [1.54, 1.807) is 0 Å². The molecule has 0 radical (unpaired) electrons. The highest BCUT2D eigenvalue weighted by Gasteiger charge is 2.31. The number of carbonyl (C=O) groups is 1. The smallest absolute Gasteiger partial charge is 0.262 e. The Hall–Kier alpha value is -1.82. The third kappa shape index (κ3) is 4.37. The number of hydrogen-bond acceptors (Lipinski definition) is 4. The molecule has 0 spiro atoms. The summed E-state index contributed by atoms with van der Waals surface area (Å²) in [5, 5.41) is 4.21. The number of fused-ring (bicyclic) bond motifs is 1. The van der Waals surface area contributed by atoms with E-state index in [4.69, 9.17) is 4.98 Å². The van der Waals surface area contributed by atoms with Gasteiger partial charge in [0.25, 0.3) is 5.56 Å². The van der Waals surface area contributed by atoms with Crippen molar-refractivity contribution in [3.05, 3.63) is 34.6 Å². The number of carbonyl (C=O) groups excluding carboxylic acids is 1. The third-order valence-electron chi connectivity index (χ3n) is 5.55. The zero-order chi connectivity index (χ0) is 19.6. The van der Waals surface area contributed by atoms with Gasteiger partial charge < -0.3 is 5.32 Å². The summed E-state index contributed by atoms with van der Waals surface area (Å²) in [6.45, 7) is 8.38. The van der Waals surface area contributed by atoms with Crippen LogP contribution in [0.25, 0.3) is 10.9 Å². The van der Waals surface area contributed by atoms with E-state index in [1.807, 2.05) is 42.7 Å². The lowest BCUT2D eigenvalue weighted by atomic mass is 9.78. The molecule has 3 atom stereocenters. The van der Waals surface area contributed by atoms with Crippen molar-refractivity contribution < 1.29 is 4.79 Å². The minimum absolute atomic E-state index is 0.0123. The van der Waals surface area contributed by atoms with Gasteiger partial charge >= 0.3 is 0 Å². The molecule has 27 heavy (non-hydrogen) atoms. The molecular weight excluding hydrogens is 358 g/mol.